The van der Waals surface area contributed by atoms with Crippen LogP contribution in [0.25, 0.3) is 0 Å². The van der Waals surface area contributed by atoms with Crippen LogP contribution in [0.1, 0.15) is 5.56 Å². The molecule has 0 saturated heterocycles. The fourth-order valence-electron chi connectivity index (χ4n) is 2.55. The van der Waals surface area contributed by atoms with Crippen molar-refractivity contribution in [3.8, 4) is 0 Å². The number of aliphatic hydroxyl groups excluding tert-OH is 1. The monoisotopic (exact) mass is 509 g/mol. The Balaban J connectivity index is 2.14. The van der Waals surface area contributed by atoms with Gasteiger partial charge in [-0.15, -0.1) is 11.6 Å². The molecule has 0 aliphatic rings. The van der Waals surface area contributed by atoms with Crippen LogP contribution in [0, 0.1) is 10.1 Å². The first-order chi connectivity index (χ1) is 15.2. The summed E-state index contributed by atoms with van der Waals surface area (Å²) in [6.45, 7) is 0. The van der Waals surface area contributed by atoms with Crippen molar-refractivity contribution in [1.82, 2.24) is 0 Å². The van der Waals surface area contributed by atoms with Crippen molar-refractivity contribution in [2.45, 2.75) is 17.2 Å². The zero-order valence-corrected chi connectivity index (χ0v) is 17.9. The van der Waals surface area contributed by atoms with Gasteiger partial charge < -0.3 is 15.7 Å². The zero-order chi connectivity index (χ0) is 25.0. The van der Waals surface area contributed by atoms with Crippen LogP contribution in [0.4, 0.5) is 30.2 Å². The number of carbonyl (C=O) groups is 2. The number of anilines is 2. The van der Waals surface area contributed by atoms with Crippen molar-refractivity contribution in [1.29, 1.82) is 0 Å². The van der Waals surface area contributed by atoms with E-state index in [0.717, 1.165) is 18.2 Å². The molecule has 2 rings (SSSR count). The Labute approximate surface area is 189 Å². The number of nitro groups is 1. The number of rotatable bonds is 8. The first-order valence-electron chi connectivity index (χ1n) is 8.78. The van der Waals surface area contributed by atoms with E-state index in [-0.39, 0.29) is 16.5 Å². The molecule has 10 nitrogen and oxygen atoms in total. The molecule has 0 aliphatic heterocycles. The molecule has 0 aromatic heterocycles. The lowest BCUT2D eigenvalue weighted by Crippen LogP contribution is -2.34. The number of carbonyl (C=O) groups excluding carboxylic acids is 2. The van der Waals surface area contributed by atoms with Gasteiger partial charge in [-0.05, 0) is 36.4 Å². The van der Waals surface area contributed by atoms with Crippen molar-refractivity contribution in [2.75, 3.05) is 22.3 Å². The minimum atomic E-state index is -5.10. The normalized spacial score (nSPS) is 12.6. The maximum atomic E-state index is 13.0. The molecule has 0 unspecified atom stereocenters. The Hall–Kier alpha value is -3.23. The summed E-state index contributed by atoms with van der Waals surface area (Å²) >= 11 is 5.34. The molecule has 2 aromatic rings. The van der Waals surface area contributed by atoms with E-state index >= 15 is 0 Å². The molecule has 178 valence electrons. The lowest BCUT2D eigenvalue weighted by molar-refractivity contribution is -0.388. The van der Waals surface area contributed by atoms with Gasteiger partial charge in [-0.2, -0.15) is 13.2 Å². The van der Waals surface area contributed by atoms with Gasteiger partial charge in [-0.1, -0.05) is 0 Å². The Kier molecular flexibility index (Phi) is 8.00. The van der Waals surface area contributed by atoms with E-state index in [2.05, 4.69) is 5.32 Å². The van der Waals surface area contributed by atoms with Crippen molar-refractivity contribution < 1.29 is 41.2 Å². The summed E-state index contributed by atoms with van der Waals surface area (Å²) in [6.07, 6.45) is -7.27. The molecule has 15 heteroatoms. The molecule has 0 aliphatic carbocycles. The quantitative estimate of drug-likeness (QED) is 0.280. The molecule has 0 radical (unpaired) electrons. The van der Waals surface area contributed by atoms with Gasteiger partial charge in [0, 0.05) is 17.4 Å². The average Bonchev–Trinajstić information content (AvgIpc) is 2.72. The molecule has 0 heterocycles. The molecule has 0 fully saturated rings. The first-order valence-corrected chi connectivity index (χ1v) is 11.0. The van der Waals surface area contributed by atoms with Gasteiger partial charge >= 0.3 is 6.18 Å². The van der Waals surface area contributed by atoms with E-state index < -0.39 is 61.5 Å². The van der Waals surface area contributed by atoms with E-state index in [0.29, 0.717) is 12.1 Å². The van der Waals surface area contributed by atoms with E-state index in [1.54, 1.807) is 0 Å². The number of aliphatic hydroxyl groups is 1. The van der Waals surface area contributed by atoms with Crippen LogP contribution in [0.15, 0.2) is 47.4 Å². The lowest BCUT2D eigenvalue weighted by atomic mass is 10.1. The second-order valence-electron chi connectivity index (χ2n) is 6.48. The Morgan fingerprint density at radius 2 is 1.67 bits per heavy atom. The zero-order valence-electron chi connectivity index (χ0n) is 16.3. The van der Waals surface area contributed by atoms with Crippen molar-refractivity contribution in [3.05, 3.63) is 58.1 Å². The van der Waals surface area contributed by atoms with Gasteiger partial charge in [0.15, 0.2) is 9.84 Å². The van der Waals surface area contributed by atoms with Gasteiger partial charge in [0.25, 0.3) is 11.6 Å². The molecule has 0 saturated carbocycles. The van der Waals surface area contributed by atoms with Crippen LogP contribution in [-0.4, -0.2) is 48.0 Å². The fraction of sp³-hybridized carbons (Fsp3) is 0.222. The van der Waals surface area contributed by atoms with Gasteiger partial charge in [0.05, 0.1) is 15.6 Å². The number of amides is 2. The Morgan fingerprint density at radius 1 is 1.09 bits per heavy atom. The highest BCUT2D eigenvalue weighted by Crippen LogP contribution is 2.37. The summed E-state index contributed by atoms with van der Waals surface area (Å²) in [6, 6.07) is 6.34. The SMILES string of the molecule is O=C(CCl)Nc1ccc(S(=O)(=O)C[C@H](O)C(=O)Nc2ccc([N+](=O)[O-])c(C(F)(F)F)c2)cc1. The predicted octanol–water partition coefficient (Wildman–Crippen LogP) is 2.56. The summed E-state index contributed by atoms with van der Waals surface area (Å²) in [7, 11) is -4.22. The number of hydrogen-bond donors (Lipinski definition) is 3. The fourth-order valence-corrected chi connectivity index (χ4v) is 3.92. The van der Waals surface area contributed by atoms with Crippen molar-refractivity contribution >= 4 is 50.3 Å². The predicted molar refractivity (Wildman–Crippen MR) is 111 cm³/mol. The lowest BCUT2D eigenvalue weighted by Gasteiger charge is -2.14. The highest BCUT2D eigenvalue weighted by atomic mass is 35.5. The highest BCUT2D eigenvalue weighted by Gasteiger charge is 2.38. The topological polar surface area (TPSA) is 156 Å². The smallest absolute Gasteiger partial charge is 0.382 e. The van der Waals surface area contributed by atoms with Crippen LogP contribution >= 0.6 is 11.6 Å². The summed E-state index contributed by atoms with van der Waals surface area (Å²) in [5, 5.41) is 25.0. The van der Waals surface area contributed by atoms with Gasteiger partial charge in [0.1, 0.15) is 17.5 Å². The van der Waals surface area contributed by atoms with Crippen LogP contribution in [0.2, 0.25) is 0 Å². The molecule has 3 N–H and O–H groups in total. The van der Waals surface area contributed by atoms with Crippen molar-refractivity contribution in [3.63, 3.8) is 0 Å². The molecule has 2 amide bonds. The number of alkyl halides is 4. The third kappa shape index (κ3) is 6.87. The van der Waals surface area contributed by atoms with Crippen LogP contribution in [0.3, 0.4) is 0 Å². The minimum Gasteiger partial charge on any atom is -0.382 e. The van der Waals surface area contributed by atoms with Crippen LogP contribution in [0.5, 0.6) is 0 Å². The van der Waals surface area contributed by atoms with E-state index in [4.69, 9.17) is 11.6 Å². The number of sulfone groups is 1. The molecular formula is C18H15ClF3N3O7S. The van der Waals surface area contributed by atoms with E-state index in [1.807, 2.05) is 5.32 Å². The Morgan fingerprint density at radius 3 is 2.18 bits per heavy atom. The second-order valence-corrected chi connectivity index (χ2v) is 8.78. The van der Waals surface area contributed by atoms with Crippen molar-refractivity contribution in [2.24, 2.45) is 0 Å². The maximum Gasteiger partial charge on any atom is 0.423 e. The largest absolute Gasteiger partial charge is 0.423 e. The van der Waals surface area contributed by atoms with Gasteiger partial charge in [0.2, 0.25) is 5.91 Å². The van der Waals surface area contributed by atoms with Crippen LogP contribution in [-0.2, 0) is 25.6 Å². The first kappa shape index (κ1) is 26.0. The molecule has 2 aromatic carbocycles. The number of nitrogens with one attached hydrogen (secondary N) is 2. The number of nitro benzene ring substituents is 1. The molecule has 0 spiro atoms. The van der Waals surface area contributed by atoms with Crippen LogP contribution < -0.4 is 10.6 Å². The van der Waals surface area contributed by atoms with Gasteiger partial charge in [-0.3, -0.25) is 19.7 Å². The molecular weight excluding hydrogens is 495 g/mol. The summed E-state index contributed by atoms with van der Waals surface area (Å²) in [5.41, 5.74) is -3.16. The average molecular weight is 510 g/mol. The molecule has 33 heavy (non-hydrogen) atoms. The standard InChI is InChI=1S/C18H15ClF3N3O7S/c19-8-16(27)23-10-1-4-12(5-2-10)33(31,32)9-15(26)17(28)24-11-3-6-14(25(29)30)13(7-11)18(20,21)22/h1-7,15,26H,8-9H2,(H,23,27)(H,24,28)/t15-/m0/s1. The number of benzene rings is 2. The third-order valence-corrected chi connectivity index (χ3v) is 6.05. The van der Waals surface area contributed by atoms with Gasteiger partial charge in [-0.25, -0.2) is 8.42 Å². The van der Waals surface area contributed by atoms with E-state index in [1.165, 1.54) is 12.1 Å². The second kappa shape index (κ2) is 10.1. The number of hydrogen-bond acceptors (Lipinski definition) is 7. The highest BCUT2D eigenvalue weighted by molar-refractivity contribution is 7.91. The Bertz CT molecular complexity index is 1170. The third-order valence-electron chi connectivity index (χ3n) is 4.06. The number of nitrogens with zero attached hydrogens (tertiary/aromatic N) is 1. The summed E-state index contributed by atoms with van der Waals surface area (Å²) in [4.78, 5) is 32.6. The van der Waals surface area contributed by atoms with E-state index in [9.17, 15) is 46.4 Å². The molecule has 1 atom stereocenters. The summed E-state index contributed by atoms with van der Waals surface area (Å²) in [5.74, 6) is -3.29. The summed E-state index contributed by atoms with van der Waals surface area (Å²) < 4.78 is 64.0. The molecule has 0 bridgehead atoms. The maximum absolute atomic E-state index is 13.0. The minimum absolute atomic E-state index is 0.247. The number of halogens is 4.